The molecule has 2 aliphatic rings. The Balaban J connectivity index is 1.38. The number of hydrogen-bond acceptors (Lipinski definition) is 4. The molecule has 1 atom stereocenters. The van der Waals surface area contributed by atoms with Crippen LogP contribution in [0.4, 0.5) is 4.39 Å². The zero-order valence-electron chi connectivity index (χ0n) is 19.0. The fraction of sp³-hybridized carbons (Fsp3) is 0.500. The van der Waals surface area contributed by atoms with Crippen molar-refractivity contribution in [1.29, 1.82) is 0 Å². The molecule has 1 unspecified atom stereocenters. The number of nitrogens with zero attached hydrogens (tertiary/aromatic N) is 1. The Kier molecular flexibility index (Phi) is 6.07. The second-order valence-corrected chi connectivity index (χ2v) is 9.26. The number of ether oxygens (including phenoxy) is 2. The van der Waals surface area contributed by atoms with E-state index in [0.717, 1.165) is 25.2 Å². The highest BCUT2D eigenvalue weighted by atomic mass is 19.1. The molecular formula is C26H32FNO3. The topological polar surface area (TPSA) is 38.8 Å². The lowest BCUT2D eigenvalue weighted by Crippen LogP contribution is -2.42. The molecule has 0 spiro atoms. The normalized spacial score (nSPS) is 20.5. The van der Waals surface area contributed by atoms with Gasteiger partial charge in [-0.15, -0.1) is 0 Å². The van der Waals surface area contributed by atoms with Crippen molar-refractivity contribution in [2.24, 2.45) is 5.92 Å². The second kappa shape index (κ2) is 8.62. The zero-order chi connectivity index (χ0) is 22.2. The minimum absolute atomic E-state index is 0.0330. The fourth-order valence-electron chi connectivity index (χ4n) is 5.24. The Hall–Kier alpha value is -2.40. The summed E-state index contributed by atoms with van der Waals surface area (Å²) in [7, 11) is 3.14. The van der Waals surface area contributed by atoms with Crippen LogP contribution in [-0.2, 0) is 13.0 Å². The Morgan fingerprint density at radius 1 is 1.00 bits per heavy atom. The van der Waals surface area contributed by atoms with Crippen molar-refractivity contribution in [2.75, 3.05) is 27.3 Å². The van der Waals surface area contributed by atoms with Crippen LogP contribution in [0.15, 0.2) is 30.3 Å². The Morgan fingerprint density at radius 2 is 1.61 bits per heavy atom. The number of likely N-dealkylation sites (tertiary alicyclic amines) is 1. The summed E-state index contributed by atoms with van der Waals surface area (Å²) in [4.78, 5) is 15.3. The number of benzene rings is 2. The SMILES string of the molecule is COc1cc2c(cc1OC)C(=O)C(CC1(F)CCN(Cc3cc(C)cc(C)c3)CC1)C2. The monoisotopic (exact) mass is 425 g/mol. The first kappa shape index (κ1) is 21.8. The summed E-state index contributed by atoms with van der Waals surface area (Å²) < 4.78 is 26.4. The van der Waals surface area contributed by atoms with Crippen molar-refractivity contribution < 1.29 is 18.7 Å². The number of methoxy groups -OCH3 is 2. The van der Waals surface area contributed by atoms with Crippen molar-refractivity contribution in [3.8, 4) is 11.5 Å². The van der Waals surface area contributed by atoms with E-state index in [9.17, 15) is 4.79 Å². The second-order valence-electron chi connectivity index (χ2n) is 9.26. The Bertz CT molecular complexity index is 959. The van der Waals surface area contributed by atoms with Gasteiger partial charge in [0.1, 0.15) is 5.67 Å². The van der Waals surface area contributed by atoms with Crippen LogP contribution < -0.4 is 9.47 Å². The lowest BCUT2D eigenvalue weighted by molar-refractivity contribution is 0.0336. The smallest absolute Gasteiger partial charge is 0.166 e. The third-order valence-electron chi connectivity index (χ3n) is 6.76. The summed E-state index contributed by atoms with van der Waals surface area (Å²) >= 11 is 0. The van der Waals surface area contributed by atoms with Crippen molar-refractivity contribution in [2.45, 2.75) is 51.7 Å². The number of halogens is 1. The first-order valence-electron chi connectivity index (χ1n) is 11.1. The van der Waals surface area contributed by atoms with Gasteiger partial charge in [0.25, 0.3) is 0 Å². The van der Waals surface area contributed by atoms with Crippen molar-refractivity contribution in [1.82, 2.24) is 4.90 Å². The van der Waals surface area contributed by atoms with E-state index >= 15 is 4.39 Å². The van der Waals surface area contributed by atoms with Gasteiger partial charge in [-0.1, -0.05) is 29.3 Å². The van der Waals surface area contributed by atoms with Gasteiger partial charge in [-0.2, -0.15) is 0 Å². The minimum Gasteiger partial charge on any atom is -0.493 e. The molecule has 0 radical (unpaired) electrons. The number of aryl methyl sites for hydroxylation is 2. The molecule has 0 saturated carbocycles. The zero-order valence-corrected chi connectivity index (χ0v) is 19.0. The number of ketones is 1. The molecule has 2 aromatic rings. The number of alkyl halides is 1. The summed E-state index contributed by atoms with van der Waals surface area (Å²) in [6.45, 7) is 6.52. The van der Waals surface area contributed by atoms with Crippen LogP contribution in [0.5, 0.6) is 11.5 Å². The average Bonchev–Trinajstić information content (AvgIpc) is 3.02. The van der Waals surface area contributed by atoms with Crippen LogP contribution in [0.1, 0.15) is 51.9 Å². The molecule has 31 heavy (non-hydrogen) atoms. The fourth-order valence-corrected chi connectivity index (χ4v) is 5.24. The number of Topliss-reactive ketones (excluding diaryl/α,β-unsaturated/α-hetero) is 1. The van der Waals surface area contributed by atoms with Crippen molar-refractivity contribution in [3.05, 3.63) is 58.1 Å². The van der Waals surface area contributed by atoms with Crippen molar-refractivity contribution >= 4 is 5.78 Å². The number of carbonyl (C=O) groups is 1. The molecule has 1 aliphatic carbocycles. The predicted molar refractivity (Wildman–Crippen MR) is 120 cm³/mol. The van der Waals surface area contributed by atoms with Crippen molar-refractivity contribution in [3.63, 3.8) is 0 Å². The third kappa shape index (κ3) is 4.62. The number of fused-ring (bicyclic) bond motifs is 1. The van der Waals surface area contributed by atoms with Gasteiger partial charge in [-0.25, -0.2) is 4.39 Å². The predicted octanol–water partition coefficient (Wildman–Crippen LogP) is 5.07. The molecule has 1 heterocycles. The van der Waals surface area contributed by atoms with Crippen LogP contribution in [0, 0.1) is 19.8 Å². The van der Waals surface area contributed by atoms with E-state index in [1.54, 1.807) is 20.3 Å². The highest BCUT2D eigenvalue weighted by Gasteiger charge is 2.41. The number of rotatable bonds is 6. The van der Waals surface area contributed by atoms with Gasteiger partial charge >= 0.3 is 0 Å². The highest BCUT2D eigenvalue weighted by Crippen LogP contribution is 2.42. The van der Waals surface area contributed by atoms with Crippen LogP contribution in [0.25, 0.3) is 0 Å². The van der Waals surface area contributed by atoms with Gasteiger partial charge in [0, 0.05) is 31.1 Å². The number of carbonyl (C=O) groups excluding carboxylic acids is 1. The largest absolute Gasteiger partial charge is 0.493 e. The molecular weight excluding hydrogens is 393 g/mol. The van der Waals surface area contributed by atoms with Gasteiger partial charge in [-0.3, -0.25) is 9.69 Å². The van der Waals surface area contributed by atoms with Gasteiger partial charge < -0.3 is 9.47 Å². The van der Waals surface area contributed by atoms with Gasteiger partial charge in [0.05, 0.1) is 14.2 Å². The lowest BCUT2D eigenvalue weighted by atomic mass is 9.82. The molecule has 0 aromatic heterocycles. The molecule has 166 valence electrons. The van der Waals surface area contributed by atoms with E-state index < -0.39 is 5.67 Å². The molecule has 0 N–H and O–H groups in total. The lowest BCUT2D eigenvalue weighted by Gasteiger charge is -2.37. The summed E-state index contributed by atoms with van der Waals surface area (Å²) in [5.41, 5.74) is 4.12. The molecule has 4 nitrogen and oxygen atoms in total. The third-order valence-corrected chi connectivity index (χ3v) is 6.76. The highest BCUT2D eigenvalue weighted by molar-refractivity contribution is 6.03. The first-order chi connectivity index (χ1) is 14.8. The van der Waals surface area contributed by atoms with Crippen LogP contribution in [-0.4, -0.2) is 43.7 Å². The van der Waals surface area contributed by atoms with E-state index in [1.807, 2.05) is 6.07 Å². The summed E-state index contributed by atoms with van der Waals surface area (Å²) in [6.07, 6.45) is 1.82. The van der Waals surface area contributed by atoms with Crippen LogP contribution in [0.2, 0.25) is 0 Å². The van der Waals surface area contributed by atoms with Gasteiger partial charge in [0.2, 0.25) is 0 Å². The van der Waals surface area contributed by atoms with Gasteiger partial charge in [-0.05, 0) is 62.8 Å². The molecule has 0 amide bonds. The van der Waals surface area contributed by atoms with E-state index in [1.165, 1.54) is 16.7 Å². The summed E-state index contributed by atoms with van der Waals surface area (Å²) in [6, 6.07) is 10.2. The van der Waals surface area contributed by atoms with E-state index in [4.69, 9.17) is 9.47 Å². The summed E-state index contributed by atoms with van der Waals surface area (Å²) in [5.74, 6) is 0.891. The Morgan fingerprint density at radius 3 is 2.23 bits per heavy atom. The first-order valence-corrected chi connectivity index (χ1v) is 11.1. The number of hydrogen-bond donors (Lipinski definition) is 0. The quantitative estimate of drug-likeness (QED) is 0.648. The molecule has 2 aromatic carbocycles. The van der Waals surface area contributed by atoms with E-state index in [-0.39, 0.29) is 11.7 Å². The molecule has 1 saturated heterocycles. The molecule has 1 fully saturated rings. The molecule has 1 aliphatic heterocycles. The standard InChI is InChI=1S/C26H32FNO3/c1-17-9-18(2)11-19(10-17)16-28-7-5-26(27,6-8-28)15-21-12-20-13-23(30-3)24(31-4)14-22(20)25(21)29/h9-11,13-14,21H,5-8,12,15-16H2,1-4H3. The van der Waals surface area contributed by atoms with E-state index in [2.05, 4.69) is 36.9 Å². The maximum Gasteiger partial charge on any atom is 0.166 e. The maximum absolute atomic E-state index is 15.7. The van der Waals surface area contributed by atoms with Crippen LogP contribution >= 0.6 is 0 Å². The minimum atomic E-state index is -1.28. The molecule has 0 bridgehead atoms. The summed E-state index contributed by atoms with van der Waals surface area (Å²) in [5, 5.41) is 0. The van der Waals surface area contributed by atoms with Gasteiger partial charge in [0.15, 0.2) is 17.3 Å². The average molecular weight is 426 g/mol. The maximum atomic E-state index is 15.7. The van der Waals surface area contributed by atoms with Crippen LogP contribution in [0.3, 0.4) is 0 Å². The molecule has 5 heteroatoms. The Labute approximate surface area is 184 Å². The number of piperidine rings is 1. The van der Waals surface area contributed by atoms with E-state index in [0.29, 0.717) is 42.7 Å². The molecule has 4 rings (SSSR count).